The second-order valence-corrected chi connectivity index (χ2v) is 12.6. The lowest BCUT2D eigenvalue weighted by atomic mass is 9.98. The van der Waals surface area contributed by atoms with E-state index in [-0.39, 0.29) is 0 Å². The Morgan fingerprint density at radius 3 is 2.33 bits per heavy atom. The van der Waals surface area contributed by atoms with Gasteiger partial charge in [0.15, 0.2) is 0 Å². The van der Waals surface area contributed by atoms with Gasteiger partial charge in [-0.1, -0.05) is 25.1 Å². The van der Waals surface area contributed by atoms with Crippen molar-refractivity contribution in [2.45, 2.75) is 32.6 Å². The second-order valence-electron chi connectivity index (χ2n) is 11.2. The standard InChI is InChI=1S/C38H34N4O2S/c1-6-45-32-16-25(3)38(26(4)17-32)27-22-40-41(23-27)28-18-30(43-5)20-31(19-28)44-29-11-12-34-33-9-7-8-10-35(33)42(36(34)21-29)37-15-24(2)13-14-39-37/h7-23H,6H2,1-5H3. The van der Waals surface area contributed by atoms with Gasteiger partial charge in [0.25, 0.3) is 0 Å². The number of rotatable bonds is 8. The van der Waals surface area contributed by atoms with E-state index in [0.717, 1.165) is 50.6 Å². The van der Waals surface area contributed by atoms with E-state index in [1.54, 1.807) is 7.11 Å². The first-order valence-corrected chi connectivity index (χ1v) is 16.0. The van der Waals surface area contributed by atoms with Crippen LogP contribution < -0.4 is 9.47 Å². The topological polar surface area (TPSA) is 54.1 Å². The molecule has 3 heterocycles. The number of hydrogen-bond donors (Lipinski definition) is 0. The number of hydrogen-bond acceptors (Lipinski definition) is 5. The van der Waals surface area contributed by atoms with Gasteiger partial charge in [-0.25, -0.2) is 9.67 Å². The van der Waals surface area contributed by atoms with E-state index in [1.165, 1.54) is 27.0 Å². The van der Waals surface area contributed by atoms with Crippen LogP contribution in [0.1, 0.15) is 23.6 Å². The minimum absolute atomic E-state index is 0.658. The van der Waals surface area contributed by atoms with Crippen LogP contribution >= 0.6 is 11.8 Å². The quantitative estimate of drug-likeness (QED) is 0.160. The summed E-state index contributed by atoms with van der Waals surface area (Å²) in [6, 6.07) is 29.1. The molecule has 7 aromatic rings. The van der Waals surface area contributed by atoms with Crippen molar-refractivity contribution in [2.24, 2.45) is 0 Å². The summed E-state index contributed by atoms with van der Waals surface area (Å²) < 4.78 is 16.3. The monoisotopic (exact) mass is 610 g/mol. The zero-order valence-corrected chi connectivity index (χ0v) is 26.9. The molecule has 3 aromatic heterocycles. The lowest BCUT2D eigenvalue weighted by Gasteiger charge is -2.12. The fourth-order valence-corrected chi connectivity index (χ4v) is 6.98. The SMILES string of the molecule is CCSc1cc(C)c(-c2cnn(-c3cc(OC)cc(Oc4ccc5c6ccccc6n(-c6cc(C)ccn6)c5c4)c3)c2)c(C)c1. The Labute approximate surface area is 267 Å². The Bertz CT molecular complexity index is 2170. The zero-order valence-electron chi connectivity index (χ0n) is 26.0. The van der Waals surface area contributed by atoms with Crippen molar-refractivity contribution in [3.63, 3.8) is 0 Å². The smallest absolute Gasteiger partial charge is 0.137 e. The van der Waals surface area contributed by atoms with E-state index in [4.69, 9.17) is 19.6 Å². The largest absolute Gasteiger partial charge is 0.497 e. The average Bonchev–Trinajstić information content (AvgIpc) is 3.64. The van der Waals surface area contributed by atoms with Crippen LogP contribution in [0.25, 0.3) is 44.4 Å². The number of benzene rings is 4. The molecule has 0 spiro atoms. The molecule has 6 nitrogen and oxygen atoms in total. The van der Waals surface area contributed by atoms with Crippen LogP contribution in [-0.2, 0) is 0 Å². The van der Waals surface area contributed by atoms with E-state index in [0.29, 0.717) is 11.5 Å². The molecule has 45 heavy (non-hydrogen) atoms. The summed E-state index contributed by atoms with van der Waals surface area (Å²) in [6.07, 6.45) is 5.85. The van der Waals surface area contributed by atoms with Gasteiger partial charge in [-0.05, 0) is 91.2 Å². The number of ether oxygens (including phenoxy) is 2. The lowest BCUT2D eigenvalue weighted by Crippen LogP contribution is -1.98. The van der Waals surface area contributed by atoms with Gasteiger partial charge in [0.2, 0.25) is 0 Å². The van der Waals surface area contributed by atoms with Gasteiger partial charge in [-0.3, -0.25) is 4.57 Å². The number of aryl methyl sites for hydroxylation is 3. The molecule has 7 heteroatoms. The Hall–Kier alpha value is -5.01. The number of pyridine rings is 1. The van der Waals surface area contributed by atoms with Crippen LogP contribution in [0.3, 0.4) is 0 Å². The summed E-state index contributed by atoms with van der Waals surface area (Å²) in [4.78, 5) is 6.00. The Kier molecular flexibility index (Phi) is 7.55. The minimum atomic E-state index is 0.658. The molecule has 0 aliphatic carbocycles. The maximum absolute atomic E-state index is 6.51. The molecule has 0 saturated carbocycles. The van der Waals surface area contributed by atoms with Crippen molar-refractivity contribution in [1.29, 1.82) is 0 Å². The summed E-state index contributed by atoms with van der Waals surface area (Å²) in [7, 11) is 1.67. The van der Waals surface area contributed by atoms with Gasteiger partial charge in [-0.15, -0.1) is 11.8 Å². The molecular weight excluding hydrogens is 577 g/mol. The molecule has 224 valence electrons. The van der Waals surface area contributed by atoms with Gasteiger partial charge in [-0.2, -0.15) is 5.10 Å². The predicted octanol–water partition coefficient (Wildman–Crippen LogP) is 9.87. The number of fused-ring (bicyclic) bond motifs is 3. The van der Waals surface area contributed by atoms with Crippen molar-refractivity contribution in [3.05, 3.63) is 120 Å². The molecule has 0 fully saturated rings. The fraction of sp³-hybridized carbons (Fsp3) is 0.158. The highest BCUT2D eigenvalue weighted by Gasteiger charge is 2.16. The summed E-state index contributed by atoms with van der Waals surface area (Å²) >= 11 is 1.86. The van der Waals surface area contributed by atoms with Gasteiger partial charge < -0.3 is 9.47 Å². The van der Waals surface area contributed by atoms with E-state index in [1.807, 2.05) is 59.2 Å². The van der Waals surface area contributed by atoms with Crippen LogP contribution in [0.5, 0.6) is 17.2 Å². The van der Waals surface area contributed by atoms with Crippen LogP contribution in [0.2, 0.25) is 0 Å². The first-order valence-electron chi connectivity index (χ1n) is 15.0. The van der Waals surface area contributed by atoms with Crippen LogP contribution in [-0.4, -0.2) is 32.2 Å². The minimum Gasteiger partial charge on any atom is -0.497 e. The third-order valence-electron chi connectivity index (χ3n) is 8.06. The molecule has 0 aliphatic rings. The van der Waals surface area contributed by atoms with Crippen LogP contribution in [0, 0.1) is 20.8 Å². The fourth-order valence-electron chi connectivity index (χ4n) is 6.13. The second kappa shape index (κ2) is 11.8. The zero-order chi connectivity index (χ0) is 31.1. The van der Waals surface area contributed by atoms with Crippen LogP contribution in [0.4, 0.5) is 0 Å². The predicted molar refractivity (Wildman–Crippen MR) is 185 cm³/mol. The Morgan fingerprint density at radius 1 is 0.778 bits per heavy atom. The molecule has 0 saturated heterocycles. The molecule has 7 rings (SSSR count). The van der Waals surface area contributed by atoms with Crippen molar-refractivity contribution in [3.8, 4) is 39.9 Å². The van der Waals surface area contributed by atoms with Gasteiger partial charge in [0, 0.05) is 57.9 Å². The van der Waals surface area contributed by atoms with Crippen molar-refractivity contribution < 1.29 is 9.47 Å². The van der Waals surface area contributed by atoms with E-state index in [9.17, 15) is 0 Å². The Balaban J connectivity index is 1.26. The first kappa shape index (κ1) is 28.7. The third-order valence-corrected chi connectivity index (χ3v) is 8.92. The maximum Gasteiger partial charge on any atom is 0.137 e. The highest BCUT2D eigenvalue weighted by molar-refractivity contribution is 7.99. The number of nitrogens with zero attached hydrogens (tertiary/aromatic N) is 4. The van der Waals surface area contributed by atoms with Crippen molar-refractivity contribution in [1.82, 2.24) is 19.3 Å². The summed E-state index contributed by atoms with van der Waals surface area (Å²) in [5, 5.41) is 7.05. The number of para-hydroxylation sites is 1. The highest BCUT2D eigenvalue weighted by atomic mass is 32.2. The molecule has 4 aromatic carbocycles. The molecule has 0 bridgehead atoms. The van der Waals surface area contributed by atoms with Crippen molar-refractivity contribution in [2.75, 3.05) is 12.9 Å². The molecule has 0 unspecified atom stereocenters. The van der Waals surface area contributed by atoms with Gasteiger partial charge in [0.05, 0.1) is 30.0 Å². The Morgan fingerprint density at radius 2 is 1.56 bits per heavy atom. The van der Waals surface area contributed by atoms with Gasteiger partial charge >= 0.3 is 0 Å². The van der Waals surface area contributed by atoms with E-state index in [2.05, 4.69) is 93.1 Å². The summed E-state index contributed by atoms with van der Waals surface area (Å²) in [6.45, 7) is 8.60. The molecule has 0 aliphatic heterocycles. The summed E-state index contributed by atoms with van der Waals surface area (Å²) in [5.74, 6) is 3.99. The third kappa shape index (κ3) is 5.44. The molecule has 0 radical (unpaired) electrons. The van der Waals surface area contributed by atoms with E-state index < -0.39 is 0 Å². The number of aromatic nitrogens is 4. The molecular formula is C38H34N4O2S. The lowest BCUT2D eigenvalue weighted by molar-refractivity contribution is 0.408. The van der Waals surface area contributed by atoms with Gasteiger partial charge in [0.1, 0.15) is 23.1 Å². The van der Waals surface area contributed by atoms with E-state index >= 15 is 0 Å². The molecule has 0 N–H and O–H groups in total. The van der Waals surface area contributed by atoms with Crippen LogP contribution in [0.15, 0.2) is 108 Å². The number of thioether (sulfide) groups is 1. The van der Waals surface area contributed by atoms with Crippen molar-refractivity contribution >= 4 is 33.6 Å². The normalized spacial score (nSPS) is 11.4. The average molecular weight is 611 g/mol. The molecule has 0 atom stereocenters. The summed E-state index contributed by atoms with van der Waals surface area (Å²) in [5.41, 5.74) is 8.91. The number of methoxy groups -OCH3 is 1. The first-order chi connectivity index (χ1) is 21.9. The molecule has 0 amide bonds. The maximum atomic E-state index is 6.51. The highest BCUT2D eigenvalue weighted by Crippen LogP contribution is 2.37.